The van der Waals surface area contributed by atoms with Gasteiger partial charge in [0.1, 0.15) is 17.3 Å². The molecule has 0 N–H and O–H groups in total. The van der Waals surface area contributed by atoms with Crippen molar-refractivity contribution in [1.82, 2.24) is 29.8 Å². The van der Waals surface area contributed by atoms with Crippen LogP contribution in [-0.4, -0.2) is 36.3 Å². The van der Waals surface area contributed by atoms with E-state index in [1.165, 1.54) is 0 Å². The molecule has 4 aromatic rings. The first-order chi connectivity index (χ1) is 14.5. The predicted octanol–water partition coefficient (Wildman–Crippen LogP) is 4.18. The Balaban J connectivity index is 1.73. The molecule has 0 saturated heterocycles. The number of aryl methyl sites for hydroxylation is 2. The standard InChI is InChI=1S/C22H20N8/c1-14-13-29(18-8-6-17(23-3)7-9-18)21-11-16(19-12-24-28(4)27-19)5-10-20(21)30-15(2)25-26-22(14)30/h5-12,14H,13H2,1-2,4H3. The summed E-state index contributed by atoms with van der Waals surface area (Å²) in [7, 11) is 1.81. The minimum atomic E-state index is 0.166. The molecule has 1 atom stereocenters. The Bertz CT molecular complexity index is 1280. The van der Waals surface area contributed by atoms with Gasteiger partial charge in [0.2, 0.25) is 0 Å². The fourth-order valence-electron chi connectivity index (χ4n) is 3.97. The maximum atomic E-state index is 7.24. The Hall–Kier alpha value is -3.99. The molecule has 1 aliphatic rings. The molecule has 8 heteroatoms. The normalized spacial score (nSPS) is 15.3. The van der Waals surface area contributed by atoms with E-state index < -0.39 is 0 Å². The molecule has 2 aromatic carbocycles. The molecule has 0 bridgehead atoms. The lowest BCUT2D eigenvalue weighted by molar-refractivity contribution is 0.655. The summed E-state index contributed by atoms with van der Waals surface area (Å²) in [5.74, 6) is 1.97. The molecule has 0 saturated carbocycles. The fourth-order valence-corrected chi connectivity index (χ4v) is 3.97. The molecule has 2 aromatic heterocycles. The van der Waals surface area contributed by atoms with Crippen LogP contribution in [-0.2, 0) is 7.05 Å². The molecule has 0 aliphatic carbocycles. The molecule has 0 amide bonds. The van der Waals surface area contributed by atoms with Crippen LogP contribution in [0.25, 0.3) is 21.8 Å². The van der Waals surface area contributed by atoms with Crippen LogP contribution in [0, 0.1) is 13.5 Å². The van der Waals surface area contributed by atoms with E-state index in [0.717, 1.165) is 46.5 Å². The van der Waals surface area contributed by atoms with Crippen molar-refractivity contribution in [2.45, 2.75) is 19.8 Å². The third-order valence-corrected chi connectivity index (χ3v) is 5.44. The lowest BCUT2D eigenvalue weighted by atomic mass is 10.1. The number of aromatic nitrogens is 6. The van der Waals surface area contributed by atoms with Crippen molar-refractivity contribution in [2.75, 3.05) is 11.4 Å². The second kappa shape index (κ2) is 6.81. The number of benzene rings is 2. The number of hydrogen-bond donors (Lipinski definition) is 0. The van der Waals surface area contributed by atoms with Gasteiger partial charge in [-0.15, -0.1) is 10.2 Å². The van der Waals surface area contributed by atoms with E-state index in [2.05, 4.69) is 59.8 Å². The van der Waals surface area contributed by atoms with Gasteiger partial charge in [0.25, 0.3) is 0 Å². The maximum Gasteiger partial charge on any atom is 0.187 e. The van der Waals surface area contributed by atoms with Gasteiger partial charge < -0.3 is 4.90 Å². The van der Waals surface area contributed by atoms with Crippen molar-refractivity contribution in [3.05, 3.63) is 71.7 Å². The van der Waals surface area contributed by atoms with Gasteiger partial charge in [0.05, 0.1) is 24.1 Å². The summed E-state index contributed by atoms with van der Waals surface area (Å²) in [6, 6.07) is 14.0. The van der Waals surface area contributed by atoms with Gasteiger partial charge in [-0.1, -0.05) is 25.1 Å². The molecular weight excluding hydrogens is 376 g/mol. The Kier molecular flexibility index (Phi) is 4.10. The highest BCUT2D eigenvalue weighted by Gasteiger charge is 2.28. The minimum Gasteiger partial charge on any atom is -0.339 e. The van der Waals surface area contributed by atoms with Gasteiger partial charge >= 0.3 is 0 Å². The van der Waals surface area contributed by atoms with Gasteiger partial charge in [-0.3, -0.25) is 4.57 Å². The van der Waals surface area contributed by atoms with Gasteiger partial charge in [-0.05, 0) is 31.2 Å². The maximum absolute atomic E-state index is 7.24. The molecule has 148 valence electrons. The number of fused-ring (bicyclic) bond motifs is 3. The van der Waals surface area contributed by atoms with E-state index in [9.17, 15) is 0 Å². The highest BCUT2D eigenvalue weighted by Crippen LogP contribution is 2.40. The summed E-state index contributed by atoms with van der Waals surface area (Å²) in [5.41, 5.74) is 5.54. The predicted molar refractivity (Wildman–Crippen MR) is 114 cm³/mol. The first-order valence-electron chi connectivity index (χ1n) is 9.73. The molecule has 8 nitrogen and oxygen atoms in total. The van der Waals surface area contributed by atoms with E-state index in [1.54, 1.807) is 11.0 Å². The van der Waals surface area contributed by atoms with Crippen LogP contribution < -0.4 is 4.90 Å². The fraction of sp³-hybridized carbons (Fsp3) is 0.227. The first kappa shape index (κ1) is 18.1. The quantitative estimate of drug-likeness (QED) is 0.476. The summed E-state index contributed by atoms with van der Waals surface area (Å²) in [6.07, 6.45) is 1.77. The molecule has 0 spiro atoms. The molecule has 0 fully saturated rings. The van der Waals surface area contributed by atoms with Gasteiger partial charge in [-0.2, -0.15) is 15.0 Å². The van der Waals surface area contributed by atoms with Gasteiger partial charge in [-0.25, -0.2) is 4.85 Å². The van der Waals surface area contributed by atoms with Crippen LogP contribution in [0.15, 0.2) is 48.7 Å². The van der Waals surface area contributed by atoms with Crippen molar-refractivity contribution in [3.63, 3.8) is 0 Å². The summed E-state index contributed by atoms with van der Waals surface area (Å²) < 4.78 is 2.13. The third kappa shape index (κ3) is 2.83. The monoisotopic (exact) mass is 396 g/mol. The van der Waals surface area contributed by atoms with Crippen LogP contribution in [0.3, 0.4) is 0 Å². The Morgan fingerprint density at radius 1 is 1.07 bits per heavy atom. The number of rotatable bonds is 2. The lowest BCUT2D eigenvalue weighted by Gasteiger charge is -2.27. The molecular formula is C22H20N8. The van der Waals surface area contributed by atoms with Crippen LogP contribution in [0.4, 0.5) is 17.1 Å². The molecule has 0 radical (unpaired) electrons. The van der Waals surface area contributed by atoms with Crippen LogP contribution in [0.1, 0.15) is 24.5 Å². The average molecular weight is 396 g/mol. The second-order valence-electron chi connectivity index (χ2n) is 7.50. The highest BCUT2D eigenvalue weighted by molar-refractivity contribution is 5.79. The topological polar surface area (TPSA) is 69.0 Å². The third-order valence-electron chi connectivity index (χ3n) is 5.44. The lowest BCUT2D eigenvalue weighted by Crippen LogP contribution is -2.21. The molecule has 1 unspecified atom stereocenters. The molecule has 30 heavy (non-hydrogen) atoms. The molecule has 3 heterocycles. The largest absolute Gasteiger partial charge is 0.339 e. The van der Waals surface area contributed by atoms with Crippen LogP contribution in [0.2, 0.25) is 0 Å². The zero-order chi connectivity index (χ0) is 20.8. The Morgan fingerprint density at radius 2 is 1.87 bits per heavy atom. The van der Waals surface area contributed by atoms with E-state index in [1.807, 2.05) is 38.2 Å². The highest BCUT2D eigenvalue weighted by atomic mass is 15.4. The second-order valence-corrected chi connectivity index (χ2v) is 7.50. The van der Waals surface area contributed by atoms with E-state index >= 15 is 0 Å². The van der Waals surface area contributed by atoms with Gasteiger partial charge in [0.15, 0.2) is 5.69 Å². The van der Waals surface area contributed by atoms with Crippen molar-refractivity contribution in [1.29, 1.82) is 0 Å². The SMILES string of the molecule is [C-]#[N+]c1ccc(N2CC(C)c3nnc(C)n3-c3ccc(-c4cnn(C)n4)cc32)cc1. The number of anilines is 2. The summed E-state index contributed by atoms with van der Waals surface area (Å²) in [6.45, 7) is 12.1. The van der Waals surface area contributed by atoms with E-state index in [0.29, 0.717) is 5.69 Å². The first-order valence-corrected chi connectivity index (χ1v) is 9.73. The summed E-state index contributed by atoms with van der Waals surface area (Å²) in [4.78, 5) is 7.36. The molecule has 1 aliphatic heterocycles. The van der Waals surface area contributed by atoms with Crippen molar-refractivity contribution in [3.8, 4) is 16.9 Å². The summed E-state index contributed by atoms with van der Waals surface area (Å²) >= 11 is 0. The molecule has 5 rings (SSSR count). The number of nitrogens with zero attached hydrogens (tertiary/aromatic N) is 8. The smallest absolute Gasteiger partial charge is 0.187 e. The minimum absolute atomic E-state index is 0.166. The zero-order valence-electron chi connectivity index (χ0n) is 17.0. The van der Waals surface area contributed by atoms with Crippen molar-refractivity contribution < 1.29 is 0 Å². The van der Waals surface area contributed by atoms with Crippen LogP contribution in [0.5, 0.6) is 0 Å². The van der Waals surface area contributed by atoms with E-state index in [4.69, 9.17) is 6.57 Å². The van der Waals surface area contributed by atoms with E-state index in [-0.39, 0.29) is 5.92 Å². The zero-order valence-corrected chi connectivity index (χ0v) is 17.0. The average Bonchev–Trinajstić information content (AvgIpc) is 3.34. The van der Waals surface area contributed by atoms with Crippen molar-refractivity contribution >= 4 is 17.1 Å². The Labute approximate surface area is 174 Å². The van der Waals surface area contributed by atoms with Crippen LogP contribution >= 0.6 is 0 Å². The van der Waals surface area contributed by atoms with Crippen molar-refractivity contribution in [2.24, 2.45) is 7.05 Å². The Morgan fingerprint density at radius 3 is 2.57 bits per heavy atom. The van der Waals surface area contributed by atoms with Gasteiger partial charge in [0, 0.05) is 30.8 Å². The summed E-state index contributed by atoms with van der Waals surface area (Å²) in [5, 5.41) is 17.5. The number of hydrogen-bond acceptors (Lipinski definition) is 5.